The molecule has 122 valence electrons. The maximum absolute atomic E-state index is 5.28. The molecule has 3 aromatic rings. The Morgan fingerprint density at radius 2 is 1.92 bits per heavy atom. The van der Waals surface area contributed by atoms with Crippen LogP contribution < -0.4 is 9.30 Å². The highest BCUT2D eigenvalue weighted by atomic mass is 79.9. The van der Waals surface area contributed by atoms with E-state index >= 15 is 0 Å². The second-order valence-corrected chi connectivity index (χ2v) is 7.04. The van der Waals surface area contributed by atoms with Crippen molar-refractivity contribution in [3.05, 3.63) is 69.0 Å². The van der Waals surface area contributed by atoms with Crippen molar-refractivity contribution in [2.24, 2.45) is 0 Å². The average molecular weight is 401 g/mol. The molecule has 0 fully saturated rings. The van der Waals surface area contributed by atoms with Gasteiger partial charge in [-0.2, -0.15) is 4.57 Å². The van der Waals surface area contributed by atoms with E-state index in [4.69, 9.17) is 4.74 Å². The maximum Gasteiger partial charge on any atom is 0.262 e. The molecular formula is C20H19BrNOS+. The van der Waals surface area contributed by atoms with Crippen LogP contribution in [0.5, 0.6) is 5.75 Å². The zero-order chi connectivity index (χ0) is 16.9. The molecule has 0 radical (unpaired) electrons. The smallest absolute Gasteiger partial charge is 0.262 e. The van der Waals surface area contributed by atoms with Gasteiger partial charge in [0.25, 0.3) is 5.01 Å². The van der Waals surface area contributed by atoms with E-state index in [2.05, 4.69) is 87.4 Å². The quantitative estimate of drug-likeness (QED) is 0.503. The van der Waals surface area contributed by atoms with Crippen LogP contribution in [-0.2, 0) is 6.54 Å². The van der Waals surface area contributed by atoms with Crippen molar-refractivity contribution >= 4 is 39.4 Å². The number of ether oxygens (including phenoxy) is 1. The van der Waals surface area contributed by atoms with E-state index in [1.54, 1.807) is 18.4 Å². The van der Waals surface area contributed by atoms with Crippen molar-refractivity contribution in [2.45, 2.75) is 13.5 Å². The molecule has 24 heavy (non-hydrogen) atoms. The first kappa shape index (κ1) is 16.9. The minimum Gasteiger partial charge on any atom is -0.496 e. The van der Waals surface area contributed by atoms with Crippen LogP contribution in [0.25, 0.3) is 23.4 Å². The third-order valence-corrected chi connectivity index (χ3v) is 5.39. The number of methoxy groups -OCH3 is 1. The van der Waals surface area contributed by atoms with Gasteiger partial charge in [-0.05, 0) is 58.8 Å². The molecule has 0 aliphatic carbocycles. The van der Waals surface area contributed by atoms with Gasteiger partial charge < -0.3 is 4.74 Å². The van der Waals surface area contributed by atoms with Crippen molar-refractivity contribution in [3.63, 3.8) is 0 Å². The lowest BCUT2D eigenvalue weighted by atomic mass is 10.2. The Bertz CT molecular complexity index is 855. The largest absolute Gasteiger partial charge is 0.496 e. The lowest BCUT2D eigenvalue weighted by Gasteiger charge is -2.03. The predicted octanol–water partition coefficient (Wildman–Crippen LogP) is 5.66. The van der Waals surface area contributed by atoms with Crippen molar-refractivity contribution in [1.82, 2.24) is 0 Å². The van der Waals surface area contributed by atoms with Gasteiger partial charge in [0.1, 0.15) is 12.3 Å². The van der Waals surface area contributed by atoms with Crippen LogP contribution in [0.4, 0.5) is 0 Å². The van der Waals surface area contributed by atoms with E-state index in [-0.39, 0.29) is 0 Å². The summed E-state index contributed by atoms with van der Waals surface area (Å²) in [5, 5.41) is 3.46. The van der Waals surface area contributed by atoms with Gasteiger partial charge in [0.05, 0.1) is 17.0 Å². The lowest BCUT2D eigenvalue weighted by Crippen LogP contribution is -2.35. The van der Waals surface area contributed by atoms with Crippen LogP contribution in [0.1, 0.15) is 17.5 Å². The SMILES string of the molecule is CC[n+]1c(-c2ccccc2)csc1/C=C/c1ccc(OC)c(Br)c1. The van der Waals surface area contributed by atoms with Crippen LogP contribution in [0.3, 0.4) is 0 Å². The Morgan fingerprint density at radius 1 is 1.12 bits per heavy atom. The van der Waals surface area contributed by atoms with Gasteiger partial charge in [0.2, 0.25) is 5.69 Å². The minimum absolute atomic E-state index is 0.846. The number of benzene rings is 2. The highest BCUT2D eigenvalue weighted by Gasteiger charge is 2.18. The van der Waals surface area contributed by atoms with Gasteiger partial charge in [0, 0.05) is 11.6 Å². The molecule has 0 bridgehead atoms. The van der Waals surface area contributed by atoms with Crippen molar-refractivity contribution < 1.29 is 9.30 Å². The van der Waals surface area contributed by atoms with Crippen LogP contribution in [0.15, 0.2) is 58.4 Å². The number of thiazole rings is 1. The molecule has 0 saturated heterocycles. The fraction of sp³-hybridized carbons (Fsp3) is 0.150. The van der Waals surface area contributed by atoms with E-state index in [9.17, 15) is 0 Å². The van der Waals surface area contributed by atoms with E-state index in [1.165, 1.54) is 16.3 Å². The molecule has 0 unspecified atom stereocenters. The summed E-state index contributed by atoms with van der Waals surface area (Å²) in [5.41, 5.74) is 3.65. The Hall–Kier alpha value is -1.91. The van der Waals surface area contributed by atoms with Crippen LogP contribution in [0.2, 0.25) is 0 Å². The van der Waals surface area contributed by atoms with Gasteiger partial charge in [-0.15, -0.1) is 0 Å². The third kappa shape index (κ3) is 3.60. The fourth-order valence-corrected chi connectivity index (χ4v) is 4.16. The summed E-state index contributed by atoms with van der Waals surface area (Å²) in [6.07, 6.45) is 4.31. The molecule has 1 aromatic heterocycles. The highest BCUT2D eigenvalue weighted by molar-refractivity contribution is 9.10. The van der Waals surface area contributed by atoms with E-state index < -0.39 is 0 Å². The van der Waals surface area contributed by atoms with E-state index in [0.29, 0.717) is 0 Å². The summed E-state index contributed by atoms with van der Waals surface area (Å²) in [6, 6.07) is 16.6. The molecule has 2 aromatic carbocycles. The number of hydrogen-bond acceptors (Lipinski definition) is 2. The standard InChI is InChI=1S/C20H19BrNOS/c1-3-22-18(16-7-5-4-6-8-16)14-24-20(22)12-10-15-9-11-19(23-2)17(21)13-15/h4-14H,3H2,1-2H3/q+1/b12-10+. The van der Waals surface area contributed by atoms with Crippen LogP contribution >= 0.6 is 27.3 Å². The minimum atomic E-state index is 0.846. The van der Waals surface area contributed by atoms with Crippen LogP contribution in [-0.4, -0.2) is 7.11 Å². The van der Waals surface area contributed by atoms with Crippen LogP contribution in [0, 0.1) is 0 Å². The molecule has 4 heteroatoms. The monoisotopic (exact) mass is 400 g/mol. The molecule has 0 N–H and O–H groups in total. The summed E-state index contributed by atoms with van der Waals surface area (Å²) in [4.78, 5) is 0. The second kappa shape index (κ2) is 7.77. The van der Waals surface area contributed by atoms with Gasteiger partial charge in [-0.25, -0.2) is 0 Å². The Balaban J connectivity index is 1.90. The van der Waals surface area contributed by atoms with Crippen molar-refractivity contribution in [2.75, 3.05) is 7.11 Å². The molecular weight excluding hydrogens is 382 g/mol. The number of halogens is 1. The molecule has 3 rings (SSSR count). The van der Waals surface area contributed by atoms with Gasteiger partial charge in [-0.3, -0.25) is 0 Å². The molecule has 0 atom stereocenters. The van der Waals surface area contributed by atoms with Gasteiger partial charge in [0.15, 0.2) is 0 Å². The first-order valence-electron chi connectivity index (χ1n) is 7.81. The third-order valence-electron chi connectivity index (χ3n) is 3.83. The number of hydrogen-bond donors (Lipinski definition) is 0. The zero-order valence-electron chi connectivity index (χ0n) is 13.7. The Kier molecular flexibility index (Phi) is 5.48. The first-order valence-corrected chi connectivity index (χ1v) is 9.48. The van der Waals surface area contributed by atoms with Crippen molar-refractivity contribution in [1.29, 1.82) is 0 Å². The summed E-state index contributed by atoms with van der Waals surface area (Å²) in [5.74, 6) is 0.846. The molecule has 1 heterocycles. The molecule has 0 saturated carbocycles. The Labute approximate surface area is 155 Å². The summed E-state index contributed by atoms with van der Waals surface area (Å²) >= 11 is 5.30. The number of rotatable bonds is 5. The molecule has 0 amide bonds. The highest BCUT2D eigenvalue weighted by Crippen LogP contribution is 2.27. The number of nitrogens with zero attached hydrogens (tertiary/aromatic N) is 1. The predicted molar refractivity (Wildman–Crippen MR) is 105 cm³/mol. The van der Waals surface area contributed by atoms with E-state index in [1.807, 2.05) is 6.07 Å². The summed E-state index contributed by atoms with van der Waals surface area (Å²) in [7, 11) is 1.68. The number of aromatic nitrogens is 1. The van der Waals surface area contributed by atoms with E-state index in [0.717, 1.165) is 22.3 Å². The lowest BCUT2D eigenvalue weighted by molar-refractivity contribution is -0.679. The maximum atomic E-state index is 5.28. The summed E-state index contributed by atoms with van der Waals surface area (Å²) in [6.45, 7) is 3.13. The van der Waals surface area contributed by atoms with Crippen molar-refractivity contribution in [3.8, 4) is 17.0 Å². The zero-order valence-corrected chi connectivity index (χ0v) is 16.1. The molecule has 0 spiro atoms. The first-order chi connectivity index (χ1) is 11.7. The molecule has 0 aliphatic heterocycles. The molecule has 2 nitrogen and oxygen atoms in total. The van der Waals surface area contributed by atoms with Gasteiger partial charge >= 0.3 is 0 Å². The average Bonchev–Trinajstić information content (AvgIpc) is 3.03. The molecule has 0 aliphatic rings. The Morgan fingerprint density at radius 3 is 2.58 bits per heavy atom. The topological polar surface area (TPSA) is 13.1 Å². The fourth-order valence-electron chi connectivity index (χ4n) is 2.60. The normalized spacial score (nSPS) is 11.1. The van der Waals surface area contributed by atoms with Gasteiger partial charge in [-0.1, -0.05) is 35.6 Å². The second-order valence-electron chi connectivity index (χ2n) is 5.30. The summed E-state index contributed by atoms with van der Waals surface area (Å²) < 4.78 is 8.59.